The van der Waals surface area contributed by atoms with Gasteiger partial charge in [-0.2, -0.15) is 0 Å². The van der Waals surface area contributed by atoms with Crippen LogP contribution in [0.25, 0.3) is 0 Å². The maximum atomic E-state index is 8.25. The van der Waals surface area contributed by atoms with Crippen LogP contribution in [0.4, 0.5) is 0 Å². The number of nitrogens with zero attached hydrogens (tertiary/aromatic N) is 2. The molecule has 0 aromatic heterocycles. The molecule has 14 N–H and O–H groups in total. The quantitative estimate of drug-likeness (QED) is 0.237. The Labute approximate surface area is 96.6 Å². The fourth-order valence-electron chi connectivity index (χ4n) is 0. The van der Waals surface area contributed by atoms with Crippen LogP contribution < -0.4 is 0 Å². The van der Waals surface area contributed by atoms with Gasteiger partial charge in [0.25, 0.3) is 0 Å². The standard InChI is InChI=1S/2NO3.Ni.7H2O/c2*2-1(3)4;;;;;;;;/h;;;7*1H2/q2*-1;+2;;;;;;;. The Bertz CT molecular complexity index is 71.9. The third-order valence-corrected chi connectivity index (χ3v) is 0. The first-order valence-corrected chi connectivity index (χ1v) is 1.10. The SMILES string of the molecule is O.O.O.O.O.O.O.O=[N+]([O-])[O-].O=[N+]([O-])[O-].[Ni+2]. The summed E-state index contributed by atoms with van der Waals surface area (Å²) in [5.74, 6) is 0. The van der Waals surface area contributed by atoms with Crippen LogP contribution in [-0.2, 0) is 16.5 Å². The molecule has 0 saturated heterocycles. The summed E-state index contributed by atoms with van der Waals surface area (Å²) >= 11 is 0. The van der Waals surface area contributed by atoms with Gasteiger partial charge in [0.2, 0.25) is 0 Å². The Morgan fingerprint density at radius 3 is 0.500 bits per heavy atom. The molecule has 0 aliphatic rings. The monoisotopic (exact) mass is 308 g/mol. The molecule has 0 radical (unpaired) electrons. The molecule has 0 aliphatic carbocycles. The Hall–Kier alpha value is -1.39. The molecule has 0 aliphatic heterocycles. The summed E-state index contributed by atoms with van der Waals surface area (Å²) in [7, 11) is 0. The van der Waals surface area contributed by atoms with Crippen LogP contribution in [0.2, 0.25) is 0 Å². The number of hydrogen-bond donors (Lipinski definition) is 0. The van der Waals surface area contributed by atoms with Crippen LogP contribution in [-0.4, -0.2) is 48.5 Å². The van der Waals surface area contributed by atoms with Crippen molar-refractivity contribution in [2.75, 3.05) is 0 Å². The summed E-state index contributed by atoms with van der Waals surface area (Å²) in [6.07, 6.45) is 0. The molecule has 15 nitrogen and oxygen atoms in total. The molecule has 0 heterocycles. The predicted octanol–water partition coefficient (Wildman–Crippen LogP) is -6.25. The zero-order chi connectivity index (χ0) is 7.15. The largest absolute Gasteiger partial charge is 2.00 e. The van der Waals surface area contributed by atoms with E-state index in [0.29, 0.717) is 0 Å². The van der Waals surface area contributed by atoms with Crippen molar-refractivity contribution >= 4 is 0 Å². The summed E-state index contributed by atoms with van der Waals surface area (Å²) in [4.78, 5) is 16.5. The molecule has 0 fully saturated rings. The van der Waals surface area contributed by atoms with Gasteiger partial charge in [-0.25, -0.2) is 0 Å². The van der Waals surface area contributed by atoms with Gasteiger partial charge in [0.1, 0.15) is 0 Å². The van der Waals surface area contributed by atoms with E-state index < -0.39 is 10.2 Å². The summed E-state index contributed by atoms with van der Waals surface area (Å²) in [6, 6.07) is 0. The summed E-state index contributed by atoms with van der Waals surface area (Å²) < 4.78 is 0. The van der Waals surface area contributed by atoms with Gasteiger partial charge in [0, 0.05) is 0 Å². The van der Waals surface area contributed by atoms with Gasteiger partial charge >= 0.3 is 16.5 Å². The molecule has 0 aromatic rings. The minimum atomic E-state index is -1.75. The van der Waals surface area contributed by atoms with Gasteiger partial charge in [-0.15, -0.1) is 0 Å². The van der Waals surface area contributed by atoms with Crippen LogP contribution in [0, 0.1) is 30.6 Å². The molecule has 112 valence electrons. The molecule has 0 atom stereocenters. The van der Waals surface area contributed by atoms with Crippen LogP contribution in [0.5, 0.6) is 0 Å². The fourth-order valence-corrected chi connectivity index (χ4v) is 0. The van der Waals surface area contributed by atoms with Gasteiger partial charge < -0.3 is 69.0 Å². The molecule has 0 saturated carbocycles. The molecular formula is H14N2NiO13. The van der Waals surface area contributed by atoms with E-state index in [4.69, 9.17) is 30.6 Å². The average molecular weight is 309 g/mol. The Balaban J connectivity index is -0.00000000375. The van der Waals surface area contributed by atoms with Crippen molar-refractivity contribution in [1.82, 2.24) is 0 Å². The van der Waals surface area contributed by atoms with Gasteiger partial charge in [0.05, 0.1) is 10.2 Å². The second-order valence-electron chi connectivity index (χ2n) is 0.447. The number of rotatable bonds is 0. The van der Waals surface area contributed by atoms with Crippen LogP contribution in [0.15, 0.2) is 0 Å². The van der Waals surface area contributed by atoms with Gasteiger partial charge in [-0.05, 0) is 0 Å². The first-order valence-electron chi connectivity index (χ1n) is 1.10. The minimum absolute atomic E-state index is 0. The van der Waals surface area contributed by atoms with E-state index in [9.17, 15) is 0 Å². The molecule has 0 unspecified atom stereocenters. The molecule has 0 aromatic carbocycles. The van der Waals surface area contributed by atoms with E-state index in [-0.39, 0.29) is 54.8 Å². The Morgan fingerprint density at radius 2 is 0.500 bits per heavy atom. The zero-order valence-corrected chi connectivity index (χ0v) is 8.15. The Kier molecular flexibility index (Phi) is 809. The van der Waals surface area contributed by atoms with Crippen molar-refractivity contribution in [3.63, 3.8) is 0 Å². The minimum Gasteiger partial charge on any atom is -0.412 e. The zero-order valence-electron chi connectivity index (χ0n) is 7.16. The molecule has 0 spiro atoms. The van der Waals surface area contributed by atoms with E-state index in [1.807, 2.05) is 0 Å². The van der Waals surface area contributed by atoms with E-state index in [2.05, 4.69) is 0 Å². The van der Waals surface area contributed by atoms with Crippen molar-refractivity contribution in [1.29, 1.82) is 0 Å². The van der Waals surface area contributed by atoms with Gasteiger partial charge in [-0.3, -0.25) is 0 Å². The normalized spacial score (nSPS) is 3.00. The van der Waals surface area contributed by atoms with Crippen molar-refractivity contribution in [2.24, 2.45) is 0 Å². The van der Waals surface area contributed by atoms with E-state index >= 15 is 0 Å². The van der Waals surface area contributed by atoms with Crippen molar-refractivity contribution in [3.05, 3.63) is 30.6 Å². The third-order valence-electron chi connectivity index (χ3n) is 0. The maximum Gasteiger partial charge on any atom is 2.00 e. The first-order chi connectivity index (χ1) is 3.46. The third kappa shape index (κ3) is 885. The molecule has 16 heavy (non-hydrogen) atoms. The second-order valence-corrected chi connectivity index (χ2v) is 0.447. The van der Waals surface area contributed by atoms with Gasteiger partial charge in [-0.1, -0.05) is 0 Å². The smallest absolute Gasteiger partial charge is 0.412 e. The molecule has 0 bridgehead atoms. The van der Waals surface area contributed by atoms with Crippen LogP contribution in [0.1, 0.15) is 0 Å². The topological polar surface area (TPSA) is 353 Å². The van der Waals surface area contributed by atoms with Crippen molar-refractivity contribution in [2.45, 2.75) is 0 Å². The average Bonchev–Trinajstić information content (AvgIpc) is 1.25. The van der Waals surface area contributed by atoms with Crippen LogP contribution >= 0.6 is 0 Å². The van der Waals surface area contributed by atoms with Crippen LogP contribution in [0.3, 0.4) is 0 Å². The first kappa shape index (κ1) is 127. The molecule has 0 amide bonds. The van der Waals surface area contributed by atoms with E-state index in [1.165, 1.54) is 0 Å². The predicted molar refractivity (Wildman–Crippen MR) is 46.0 cm³/mol. The molecule has 0 rings (SSSR count). The Morgan fingerprint density at radius 1 is 0.500 bits per heavy atom. The van der Waals surface area contributed by atoms with E-state index in [0.717, 1.165) is 0 Å². The van der Waals surface area contributed by atoms with Gasteiger partial charge in [0.15, 0.2) is 0 Å². The summed E-state index contributed by atoms with van der Waals surface area (Å²) in [5.41, 5.74) is 0. The molecule has 16 heteroatoms. The number of hydrogen-bond acceptors (Lipinski definition) is 6. The van der Waals surface area contributed by atoms with E-state index in [1.54, 1.807) is 0 Å². The second kappa shape index (κ2) is 102. The van der Waals surface area contributed by atoms with Crippen molar-refractivity contribution in [3.8, 4) is 0 Å². The van der Waals surface area contributed by atoms with Crippen molar-refractivity contribution < 1.29 is 65.0 Å². The summed E-state index contributed by atoms with van der Waals surface area (Å²) in [6.45, 7) is 0. The maximum absolute atomic E-state index is 8.25. The fraction of sp³-hybridized carbons (Fsp3) is 0. The summed E-state index contributed by atoms with van der Waals surface area (Å²) in [5, 5.41) is 29.5. The molecular weight excluding hydrogens is 295 g/mol.